The van der Waals surface area contributed by atoms with E-state index in [1.54, 1.807) is 38.6 Å². The zero-order valence-corrected chi connectivity index (χ0v) is 29.3. The largest absolute Gasteiger partial charge is 0.394 e. The minimum Gasteiger partial charge on any atom is -0.394 e. The summed E-state index contributed by atoms with van der Waals surface area (Å²) >= 11 is 5.51. The van der Waals surface area contributed by atoms with Gasteiger partial charge in [-0.2, -0.15) is 0 Å². The number of aliphatic hydroxyl groups excluding tert-OH is 1. The van der Waals surface area contributed by atoms with E-state index in [1.165, 1.54) is 0 Å². The van der Waals surface area contributed by atoms with E-state index in [4.69, 9.17) is 0 Å². The van der Waals surface area contributed by atoms with Crippen LogP contribution in [0.25, 0.3) is 10.8 Å². The second-order valence-electron chi connectivity index (χ2n) is 13.2. The maximum atomic E-state index is 15.1. The number of anilines is 1. The molecule has 1 spiro atoms. The van der Waals surface area contributed by atoms with Gasteiger partial charge >= 0.3 is 0 Å². The van der Waals surface area contributed by atoms with Crippen LogP contribution in [-0.4, -0.2) is 79.2 Å². The second-order valence-corrected chi connectivity index (χ2v) is 15.9. The molecule has 2 bridgehead atoms. The summed E-state index contributed by atoms with van der Waals surface area (Å²) in [5.41, 5.74) is 1.71. The van der Waals surface area contributed by atoms with Gasteiger partial charge in [0, 0.05) is 35.4 Å². The van der Waals surface area contributed by atoms with Gasteiger partial charge in [0.1, 0.15) is 6.04 Å². The van der Waals surface area contributed by atoms with E-state index in [1.807, 2.05) is 86.6 Å². The van der Waals surface area contributed by atoms with E-state index in [0.29, 0.717) is 25.2 Å². The molecule has 6 rings (SSSR count). The number of rotatable bonds is 12. The van der Waals surface area contributed by atoms with E-state index in [2.05, 4.69) is 29.1 Å². The average molecular weight is 717 g/mol. The fourth-order valence-corrected chi connectivity index (χ4v) is 11.5. The zero-order valence-electron chi connectivity index (χ0n) is 26.9. The minimum absolute atomic E-state index is 0.0665. The predicted molar refractivity (Wildman–Crippen MR) is 193 cm³/mol. The van der Waals surface area contributed by atoms with Crippen LogP contribution in [0.3, 0.4) is 0 Å². The summed E-state index contributed by atoms with van der Waals surface area (Å²) in [7, 11) is 0. The Bertz CT molecular complexity index is 1680. The first-order valence-corrected chi connectivity index (χ1v) is 18.1. The van der Waals surface area contributed by atoms with Gasteiger partial charge in [-0.15, -0.1) is 24.9 Å². The van der Waals surface area contributed by atoms with Gasteiger partial charge in [0.2, 0.25) is 11.8 Å². The molecule has 7 nitrogen and oxygen atoms in total. The van der Waals surface area contributed by atoms with Crippen molar-refractivity contribution >= 4 is 61.9 Å². The summed E-state index contributed by atoms with van der Waals surface area (Å²) in [5, 5.41) is 12.6. The summed E-state index contributed by atoms with van der Waals surface area (Å²) in [6.45, 7) is 12.5. The highest BCUT2D eigenvalue weighted by Gasteiger charge is 2.76. The first-order valence-electron chi connectivity index (χ1n) is 16.3. The van der Waals surface area contributed by atoms with Gasteiger partial charge < -0.3 is 19.8 Å². The van der Waals surface area contributed by atoms with Crippen LogP contribution in [0.5, 0.6) is 0 Å². The number of likely N-dealkylation sites (tertiary alicyclic amines) is 1. The topological polar surface area (TPSA) is 81.2 Å². The summed E-state index contributed by atoms with van der Waals surface area (Å²) in [5.74, 6) is -2.00. The molecule has 3 aromatic rings. The quantitative estimate of drug-likeness (QED) is 0.182. The molecule has 3 aliphatic heterocycles. The van der Waals surface area contributed by atoms with Gasteiger partial charge in [-0.05, 0) is 40.8 Å². The fourth-order valence-electron chi connectivity index (χ4n) is 7.95. The molecular weight excluding hydrogens is 674 g/mol. The van der Waals surface area contributed by atoms with Crippen molar-refractivity contribution in [2.24, 2.45) is 17.8 Å². The molecule has 3 heterocycles. The SMILES string of the molecule is C=CCN(Cc1ccccc1)C(=O)[C@H]1[C@H]2C(=O)N([C@@H](CO)C(C)C)C(C(=O)N(CC=C)c3ccc4ccccc4c3)C23CC(Br)[C@@H]1S3. The molecule has 0 aliphatic carbocycles. The molecule has 9 heteroatoms. The number of hydrogen-bond donors (Lipinski definition) is 1. The van der Waals surface area contributed by atoms with Crippen LogP contribution in [0.15, 0.2) is 98.1 Å². The average Bonchev–Trinajstić information content (AvgIpc) is 3.66. The number of fused-ring (bicyclic) bond motifs is 2. The third kappa shape index (κ3) is 5.74. The Morgan fingerprint density at radius 2 is 1.70 bits per heavy atom. The van der Waals surface area contributed by atoms with Crippen molar-refractivity contribution in [1.29, 1.82) is 0 Å². The number of aliphatic hydroxyl groups is 1. The maximum Gasteiger partial charge on any atom is 0.251 e. The standard InChI is InChI=1S/C38H42BrN3O4S/c1-5-18-40(22-25-12-8-7-9-13-25)35(44)31-32-36(45)42(30(23-43)24(3)4)34(38(32)21-29(39)33(31)47-38)37(46)41(19-6-2)28-17-16-26-14-10-11-15-27(26)20-28/h5-17,20,24,29-34,43H,1-2,18-19,21-23H2,3-4H3/t29?,30-,31-,32-,33-,34?,38?/m0/s1. The van der Waals surface area contributed by atoms with Crippen molar-refractivity contribution in [3.8, 4) is 0 Å². The molecule has 3 aliphatic rings. The number of benzene rings is 3. The number of halogens is 1. The molecule has 3 saturated heterocycles. The molecule has 3 fully saturated rings. The Kier molecular flexibility index (Phi) is 9.70. The number of alkyl halides is 1. The third-order valence-electron chi connectivity index (χ3n) is 10.1. The number of thioether (sulfide) groups is 1. The molecule has 0 aromatic heterocycles. The number of amides is 3. The smallest absolute Gasteiger partial charge is 0.251 e. The molecule has 1 N–H and O–H groups in total. The lowest BCUT2D eigenvalue weighted by Gasteiger charge is -2.41. The van der Waals surface area contributed by atoms with Crippen molar-refractivity contribution < 1.29 is 19.5 Å². The molecule has 246 valence electrons. The van der Waals surface area contributed by atoms with Gasteiger partial charge in [0.25, 0.3) is 5.91 Å². The number of carbonyl (C=O) groups excluding carboxylic acids is 3. The summed E-state index contributed by atoms with van der Waals surface area (Å²) < 4.78 is -0.849. The second kappa shape index (κ2) is 13.6. The zero-order chi connectivity index (χ0) is 33.5. The molecule has 7 atom stereocenters. The molecule has 3 unspecified atom stereocenters. The van der Waals surface area contributed by atoms with Crippen molar-refractivity contribution in [3.05, 3.63) is 104 Å². The lowest BCUT2D eigenvalue weighted by atomic mass is 9.70. The van der Waals surface area contributed by atoms with Crippen molar-refractivity contribution in [3.63, 3.8) is 0 Å². The van der Waals surface area contributed by atoms with E-state index in [0.717, 1.165) is 16.3 Å². The molecule has 0 radical (unpaired) electrons. The van der Waals surface area contributed by atoms with Crippen LogP contribution in [0.2, 0.25) is 0 Å². The van der Waals surface area contributed by atoms with E-state index >= 15 is 4.79 Å². The van der Waals surface area contributed by atoms with E-state index in [-0.39, 0.29) is 46.9 Å². The third-order valence-corrected chi connectivity index (χ3v) is 13.3. The Labute approximate surface area is 289 Å². The summed E-state index contributed by atoms with van der Waals surface area (Å²) in [6, 6.07) is 22.3. The van der Waals surface area contributed by atoms with Crippen LogP contribution in [0.4, 0.5) is 5.69 Å². The van der Waals surface area contributed by atoms with Gasteiger partial charge in [0.05, 0.1) is 29.2 Å². The fraction of sp³-hybridized carbons (Fsp3) is 0.395. The van der Waals surface area contributed by atoms with Crippen LogP contribution in [0.1, 0.15) is 25.8 Å². The van der Waals surface area contributed by atoms with Crippen molar-refractivity contribution in [2.45, 2.75) is 53.7 Å². The summed E-state index contributed by atoms with van der Waals surface area (Å²) in [6.07, 6.45) is 3.98. The highest BCUT2D eigenvalue weighted by molar-refractivity contribution is 9.09. The van der Waals surface area contributed by atoms with Crippen LogP contribution in [0, 0.1) is 17.8 Å². The Morgan fingerprint density at radius 1 is 1.02 bits per heavy atom. The molecular formula is C38H42BrN3O4S. The number of nitrogens with zero attached hydrogens (tertiary/aromatic N) is 3. The van der Waals surface area contributed by atoms with Gasteiger partial charge in [-0.25, -0.2) is 0 Å². The van der Waals surface area contributed by atoms with Crippen molar-refractivity contribution in [1.82, 2.24) is 9.80 Å². The Hall–Kier alpha value is -3.40. The monoisotopic (exact) mass is 715 g/mol. The normalized spacial score (nSPS) is 26.8. The number of carbonyl (C=O) groups is 3. The lowest BCUT2D eigenvalue weighted by Crippen LogP contribution is -2.59. The summed E-state index contributed by atoms with van der Waals surface area (Å²) in [4.78, 5) is 49.7. The Morgan fingerprint density at radius 3 is 2.36 bits per heavy atom. The van der Waals surface area contributed by atoms with E-state index < -0.39 is 28.7 Å². The first-order chi connectivity index (χ1) is 22.7. The lowest BCUT2D eigenvalue weighted by molar-refractivity contribution is -0.146. The molecule has 0 saturated carbocycles. The molecule has 3 amide bonds. The molecule has 47 heavy (non-hydrogen) atoms. The van der Waals surface area contributed by atoms with Gasteiger partial charge in [-0.3, -0.25) is 14.4 Å². The van der Waals surface area contributed by atoms with Gasteiger partial charge in [-0.1, -0.05) is 103 Å². The Balaban J connectivity index is 1.44. The minimum atomic E-state index is -0.874. The first kappa shape index (κ1) is 33.5. The van der Waals surface area contributed by atoms with Gasteiger partial charge in [0.15, 0.2) is 0 Å². The predicted octanol–water partition coefficient (Wildman–Crippen LogP) is 6.06. The van der Waals surface area contributed by atoms with Crippen LogP contribution >= 0.6 is 27.7 Å². The molecule has 3 aromatic carbocycles. The number of hydrogen-bond acceptors (Lipinski definition) is 5. The van der Waals surface area contributed by atoms with Crippen LogP contribution in [-0.2, 0) is 20.9 Å². The van der Waals surface area contributed by atoms with Crippen molar-refractivity contribution in [2.75, 3.05) is 24.6 Å². The van der Waals surface area contributed by atoms with E-state index in [9.17, 15) is 14.7 Å². The highest BCUT2D eigenvalue weighted by Crippen LogP contribution is 2.68. The highest BCUT2D eigenvalue weighted by atomic mass is 79.9. The van der Waals surface area contributed by atoms with Crippen LogP contribution < -0.4 is 4.90 Å². The maximum absolute atomic E-state index is 15.1.